The van der Waals surface area contributed by atoms with Crippen LogP contribution in [-0.4, -0.2) is 48.5 Å². The molecule has 2 aromatic heterocycles. The minimum absolute atomic E-state index is 0.145. The summed E-state index contributed by atoms with van der Waals surface area (Å²) in [5.41, 5.74) is 1.10. The zero-order chi connectivity index (χ0) is 15.0. The molecule has 7 nitrogen and oxygen atoms in total. The SMILES string of the molecule is CCc1noc2ncc(S(=O)(=O)N3CCN[C@@H](C)C3)cc12. The fourth-order valence-corrected chi connectivity index (χ4v) is 4.02. The maximum absolute atomic E-state index is 12.7. The third-order valence-corrected chi connectivity index (χ3v) is 5.51. The van der Waals surface area contributed by atoms with Gasteiger partial charge in [-0.3, -0.25) is 0 Å². The Morgan fingerprint density at radius 3 is 3.05 bits per heavy atom. The summed E-state index contributed by atoms with van der Waals surface area (Å²) in [5.74, 6) is 0. The van der Waals surface area contributed by atoms with E-state index in [4.69, 9.17) is 4.52 Å². The van der Waals surface area contributed by atoms with Gasteiger partial charge in [-0.1, -0.05) is 12.1 Å². The highest BCUT2D eigenvalue weighted by Crippen LogP contribution is 2.23. The van der Waals surface area contributed by atoms with E-state index < -0.39 is 10.0 Å². The van der Waals surface area contributed by atoms with Crippen LogP contribution in [0.5, 0.6) is 0 Å². The van der Waals surface area contributed by atoms with Crippen molar-refractivity contribution in [2.45, 2.75) is 31.2 Å². The molecular formula is C13H18N4O3S. The molecule has 8 heteroatoms. The Morgan fingerprint density at radius 1 is 1.52 bits per heavy atom. The number of pyridine rings is 1. The van der Waals surface area contributed by atoms with Crippen LogP contribution in [0.1, 0.15) is 19.5 Å². The highest BCUT2D eigenvalue weighted by molar-refractivity contribution is 7.89. The molecule has 1 aliphatic rings. The first kappa shape index (κ1) is 14.4. The van der Waals surface area contributed by atoms with E-state index in [2.05, 4.69) is 15.5 Å². The van der Waals surface area contributed by atoms with Crippen LogP contribution in [0.4, 0.5) is 0 Å². The first-order valence-electron chi connectivity index (χ1n) is 7.00. The van der Waals surface area contributed by atoms with Gasteiger partial charge in [0.25, 0.3) is 5.71 Å². The van der Waals surface area contributed by atoms with E-state index in [0.29, 0.717) is 37.2 Å². The standard InChI is InChI=1S/C13H18N4O3S/c1-3-12-11-6-10(7-15-13(11)20-16-12)21(18,19)17-5-4-14-9(2)8-17/h6-7,9,14H,3-5,8H2,1-2H3/t9-/m0/s1. The third kappa shape index (κ3) is 2.54. The number of rotatable bonds is 3. The Morgan fingerprint density at radius 2 is 2.33 bits per heavy atom. The van der Waals surface area contributed by atoms with E-state index in [1.165, 1.54) is 10.5 Å². The highest BCUT2D eigenvalue weighted by atomic mass is 32.2. The largest absolute Gasteiger partial charge is 0.336 e. The number of sulfonamides is 1. The van der Waals surface area contributed by atoms with E-state index in [-0.39, 0.29) is 10.9 Å². The van der Waals surface area contributed by atoms with Crippen LogP contribution in [0.3, 0.4) is 0 Å². The number of fused-ring (bicyclic) bond motifs is 1. The van der Waals surface area contributed by atoms with Crippen LogP contribution in [0, 0.1) is 0 Å². The molecule has 1 aliphatic heterocycles. The van der Waals surface area contributed by atoms with Crippen molar-refractivity contribution >= 4 is 21.1 Å². The summed E-state index contributed by atoms with van der Waals surface area (Å²) in [5, 5.41) is 7.81. The molecule has 0 aliphatic carbocycles. The van der Waals surface area contributed by atoms with E-state index in [9.17, 15) is 8.42 Å². The molecule has 0 saturated carbocycles. The van der Waals surface area contributed by atoms with Crippen LogP contribution >= 0.6 is 0 Å². The Balaban J connectivity index is 2.02. The van der Waals surface area contributed by atoms with Gasteiger partial charge in [0.05, 0.1) is 17.3 Å². The maximum atomic E-state index is 12.7. The molecule has 0 unspecified atom stereocenters. The van der Waals surface area contributed by atoms with Gasteiger partial charge in [0, 0.05) is 25.7 Å². The maximum Gasteiger partial charge on any atom is 0.258 e. The molecule has 1 fully saturated rings. The molecule has 0 radical (unpaired) electrons. The summed E-state index contributed by atoms with van der Waals surface area (Å²) < 4.78 is 32.0. The number of hydrogen-bond acceptors (Lipinski definition) is 6. The molecule has 1 saturated heterocycles. The average Bonchev–Trinajstić information content (AvgIpc) is 2.89. The summed E-state index contributed by atoms with van der Waals surface area (Å²) in [4.78, 5) is 4.28. The summed E-state index contributed by atoms with van der Waals surface area (Å²) in [6.07, 6.45) is 2.01. The predicted octanol–water partition coefficient (Wildman–Crippen LogP) is 0.768. The van der Waals surface area contributed by atoms with Crippen molar-refractivity contribution in [2.75, 3.05) is 19.6 Å². The van der Waals surface area contributed by atoms with Gasteiger partial charge < -0.3 is 9.84 Å². The van der Waals surface area contributed by atoms with Crippen molar-refractivity contribution in [3.8, 4) is 0 Å². The Kier molecular flexibility index (Phi) is 3.68. The summed E-state index contributed by atoms with van der Waals surface area (Å²) >= 11 is 0. The molecular weight excluding hydrogens is 292 g/mol. The van der Waals surface area contributed by atoms with Gasteiger partial charge in [0.2, 0.25) is 10.0 Å². The second kappa shape index (κ2) is 5.36. The fraction of sp³-hybridized carbons (Fsp3) is 0.538. The number of aromatic nitrogens is 2. The van der Waals surface area contributed by atoms with E-state index in [1.807, 2.05) is 13.8 Å². The van der Waals surface area contributed by atoms with Gasteiger partial charge >= 0.3 is 0 Å². The van der Waals surface area contributed by atoms with Crippen LogP contribution < -0.4 is 5.32 Å². The summed E-state index contributed by atoms with van der Waals surface area (Å²) in [7, 11) is -3.53. The van der Waals surface area contributed by atoms with Crippen molar-refractivity contribution in [1.82, 2.24) is 19.8 Å². The zero-order valence-electron chi connectivity index (χ0n) is 12.0. The molecule has 3 rings (SSSR count). The second-order valence-electron chi connectivity index (χ2n) is 5.22. The van der Waals surface area contributed by atoms with Crippen LogP contribution in [-0.2, 0) is 16.4 Å². The molecule has 3 heterocycles. The molecule has 0 spiro atoms. The lowest BCUT2D eigenvalue weighted by Crippen LogP contribution is -2.51. The van der Waals surface area contributed by atoms with Gasteiger partial charge in [-0.25, -0.2) is 13.4 Å². The van der Waals surface area contributed by atoms with Crippen molar-refractivity contribution in [3.63, 3.8) is 0 Å². The molecule has 2 aromatic rings. The molecule has 114 valence electrons. The molecule has 0 bridgehead atoms. The van der Waals surface area contributed by atoms with Crippen molar-refractivity contribution in [2.24, 2.45) is 0 Å². The fourth-order valence-electron chi connectivity index (χ4n) is 2.52. The quantitative estimate of drug-likeness (QED) is 0.901. The molecule has 21 heavy (non-hydrogen) atoms. The zero-order valence-corrected chi connectivity index (χ0v) is 12.9. The van der Waals surface area contributed by atoms with Gasteiger partial charge in [0.15, 0.2) is 0 Å². The second-order valence-corrected chi connectivity index (χ2v) is 7.16. The van der Waals surface area contributed by atoms with E-state index in [0.717, 1.165) is 5.69 Å². The van der Waals surface area contributed by atoms with Crippen LogP contribution in [0.15, 0.2) is 21.7 Å². The normalized spacial score (nSPS) is 21.0. The lowest BCUT2D eigenvalue weighted by Gasteiger charge is -2.30. The highest BCUT2D eigenvalue weighted by Gasteiger charge is 2.29. The smallest absolute Gasteiger partial charge is 0.258 e. The monoisotopic (exact) mass is 310 g/mol. The molecule has 0 amide bonds. The van der Waals surface area contributed by atoms with E-state index in [1.54, 1.807) is 6.07 Å². The van der Waals surface area contributed by atoms with E-state index >= 15 is 0 Å². The Hall–Kier alpha value is -1.51. The number of piperazine rings is 1. The van der Waals surface area contributed by atoms with Crippen LogP contribution in [0.2, 0.25) is 0 Å². The molecule has 0 aromatic carbocycles. The topological polar surface area (TPSA) is 88.3 Å². The molecule has 1 atom stereocenters. The van der Waals surface area contributed by atoms with Gasteiger partial charge in [-0.05, 0) is 19.4 Å². The predicted molar refractivity (Wildman–Crippen MR) is 77.4 cm³/mol. The van der Waals surface area contributed by atoms with Gasteiger partial charge in [-0.2, -0.15) is 4.31 Å². The lowest BCUT2D eigenvalue weighted by atomic mass is 10.2. The minimum Gasteiger partial charge on any atom is -0.336 e. The first-order chi connectivity index (χ1) is 10.0. The first-order valence-corrected chi connectivity index (χ1v) is 8.44. The number of hydrogen-bond donors (Lipinski definition) is 1. The van der Waals surface area contributed by atoms with Crippen molar-refractivity contribution in [3.05, 3.63) is 18.0 Å². The average molecular weight is 310 g/mol. The van der Waals surface area contributed by atoms with Crippen molar-refractivity contribution in [1.29, 1.82) is 0 Å². The van der Waals surface area contributed by atoms with Gasteiger partial charge in [-0.15, -0.1) is 0 Å². The number of nitrogens with zero attached hydrogens (tertiary/aromatic N) is 3. The van der Waals surface area contributed by atoms with Crippen LogP contribution in [0.25, 0.3) is 11.1 Å². The Bertz CT molecular complexity index is 756. The van der Waals surface area contributed by atoms with Gasteiger partial charge in [0.1, 0.15) is 4.90 Å². The minimum atomic E-state index is -3.53. The third-order valence-electron chi connectivity index (χ3n) is 3.68. The van der Waals surface area contributed by atoms with Crippen molar-refractivity contribution < 1.29 is 12.9 Å². The number of aryl methyl sites for hydroxylation is 1. The summed E-state index contributed by atoms with van der Waals surface area (Å²) in [6, 6.07) is 1.76. The molecule has 1 N–H and O–H groups in total. The summed E-state index contributed by atoms with van der Waals surface area (Å²) in [6.45, 7) is 5.50. The Labute approximate surface area is 123 Å². The number of nitrogens with one attached hydrogen (secondary N) is 1. The lowest BCUT2D eigenvalue weighted by molar-refractivity contribution is 0.310.